The second-order valence-electron chi connectivity index (χ2n) is 4.92. The van der Waals surface area contributed by atoms with Crippen LogP contribution in [0.3, 0.4) is 0 Å². The standard InChI is InChI=1S/C15H24O3/c1-3-12(15(17)18-2)8-5-4-6-9-13-10-7-11-14(13)16/h10,12H,3-9,11H2,1-2H3. The Bertz CT molecular complexity index is 318. The van der Waals surface area contributed by atoms with Crippen molar-refractivity contribution >= 4 is 11.8 Å². The van der Waals surface area contributed by atoms with Crippen molar-refractivity contribution in [2.75, 3.05) is 7.11 Å². The van der Waals surface area contributed by atoms with Gasteiger partial charge in [-0.25, -0.2) is 0 Å². The van der Waals surface area contributed by atoms with Crippen molar-refractivity contribution in [3.63, 3.8) is 0 Å². The molecular weight excluding hydrogens is 228 g/mol. The highest BCUT2D eigenvalue weighted by Gasteiger charge is 2.17. The van der Waals surface area contributed by atoms with Gasteiger partial charge in [0.15, 0.2) is 5.78 Å². The van der Waals surface area contributed by atoms with Gasteiger partial charge in [0.25, 0.3) is 0 Å². The number of methoxy groups -OCH3 is 1. The number of ketones is 1. The van der Waals surface area contributed by atoms with E-state index in [9.17, 15) is 9.59 Å². The van der Waals surface area contributed by atoms with E-state index in [1.165, 1.54) is 7.11 Å². The summed E-state index contributed by atoms with van der Waals surface area (Å²) in [6.07, 6.45) is 9.53. The number of hydrogen-bond donors (Lipinski definition) is 0. The molecule has 1 aliphatic carbocycles. The van der Waals surface area contributed by atoms with E-state index in [0.717, 1.165) is 50.5 Å². The maximum absolute atomic E-state index is 11.4. The minimum atomic E-state index is -0.0915. The van der Waals surface area contributed by atoms with Gasteiger partial charge in [0.1, 0.15) is 0 Å². The summed E-state index contributed by atoms with van der Waals surface area (Å²) < 4.78 is 4.76. The van der Waals surface area contributed by atoms with Crippen molar-refractivity contribution in [1.29, 1.82) is 0 Å². The van der Waals surface area contributed by atoms with Gasteiger partial charge in [0, 0.05) is 6.42 Å². The molecule has 0 fully saturated rings. The topological polar surface area (TPSA) is 43.4 Å². The van der Waals surface area contributed by atoms with Crippen LogP contribution in [0.25, 0.3) is 0 Å². The van der Waals surface area contributed by atoms with Gasteiger partial charge in [-0.05, 0) is 37.7 Å². The SMILES string of the molecule is CCC(CCCCCC1=CCCC1=O)C(=O)OC. The monoisotopic (exact) mass is 252 g/mol. The number of unbranched alkanes of at least 4 members (excludes halogenated alkanes) is 2. The van der Waals surface area contributed by atoms with Crippen LogP contribution in [0.2, 0.25) is 0 Å². The molecule has 0 bridgehead atoms. The van der Waals surface area contributed by atoms with E-state index in [0.29, 0.717) is 12.2 Å². The molecule has 0 aromatic heterocycles. The predicted octanol–water partition coefficient (Wildman–Crippen LogP) is 3.43. The van der Waals surface area contributed by atoms with Crippen molar-refractivity contribution in [1.82, 2.24) is 0 Å². The third-order valence-corrected chi connectivity index (χ3v) is 3.65. The summed E-state index contributed by atoms with van der Waals surface area (Å²) in [5.41, 5.74) is 1.02. The summed E-state index contributed by atoms with van der Waals surface area (Å²) >= 11 is 0. The zero-order valence-corrected chi connectivity index (χ0v) is 11.5. The van der Waals surface area contributed by atoms with Crippen LogP contribution < -0.4 is 0 Å². The molecule has 3 heteroatoms. The molecule has 3 nitrogen and oxygen atoms in total. The lowest BCUT2D eigenvalue weighted by atomic mass is 9.97. The lowest BCUT2D eigenvalue weighted by molar-refractivity contribution is -0.145. The Hall–Kier alpha value is -1.12. The number of carbonyl (C=O) groups is 2. The van der Waals surface area contributed by atoms with E-state index in [4.69, 9.17) is 4.74 Å². The van der Waals surface area contributed by atoms with E-state index < -0.39 is 0 Å². The van der Waals surface area contributed by atoms with Gasteiger partial charge in [0.2, 0.25) is 0 Å². The second kappa shape index (κ2) is 8.06. The molecule has 0 aromatic rings. The van der Waals surface area contributed by atoms with Gasteiger partial charge in [0.05, 0.1) is 13.0 Å². The first-order valence-corrected chi connectivity index (χ1v) is 6.99. The molecule has 0 amide bonds. The highest BCUT2D eigenvalue weighted by atomic mass is 16.5. The normalized spacial score (nSPS) is 16.6. The van der Waals surface area contributed by atoms with E-state index in [1.807, 2.05) is 6.92 Å². The highest BCUT2D eigenvalue weighted by molar-refractivity contribution is 5.97. The van der Waals surface area contributed by atoms with Crippen LogP contribution in [0.4, 0.5) is 0 Å². The lowest BCUT2D eigenvalue weighted by Crippen LogP contribution is -2.15. The van der Waals surface area contributed by atoms with Gasteiger partial charge >= 0.3 is 5.97 Å². The Labute approximate surface area is 110 Å². The minimum absolute atomic E-state index is 0.0438. The summed E-state index contributed by atoms with van der Waals surface area (Å²) in [5.74, 6) is 0.282. The molecule has 1 rings (SSSR count). The van der Waals surface area contributed by atoms with Crippen molar-refractivity contribution < 1.29 is 14.3 Å². The molecule has 1 unspecified atom stereocenters. The summed E-state index contributed by atoms with van der Waals surface area (Å²) in [6, 6.07) is 0. The Morgan fingerprint density at radius 1 is 1.39 bits per heavy atom. The maximum Gasteiger partial charge on any atom is 0.308 e. The molecule has 1 aliphatic rings. The van der Waals surface area contributed by atoms with Gasteiger partial charge in [-0.15, -0.1) is 0 Å². The van der Waals surface area contributed by atoms with Gasteiger partial charge in [-0.2, -0.15) is 0 Å². The molecule has 0 saturated carbocycles. The second-order valence-corrected chi connectivity index (χ2v) is 4.92. The average Bonchev–Trinajstić information content (AvgIpc) is 2.78. The molecule has 1 atom stereocenters. The first kappa shape index (κ1) is 14.9. The summed E-state index contributed by atoms with van der Waals surface area (Å²) in [6.45, 7) is 2.02. The third-order valence-electron chi connectivity index (χ3n) is 3.65. The van der Waals surface area contributed by atoms with Gasteiger partial charge in [-0.3, -0.25) is 9.59 Å². The molecule has 0 saturated heterocycles. The zero-order valence-electron chi connectivity index (χ0n) is 11.5. The summed E-state index contributed by atoms with van der Waals surface area (Å²) in [4.78, 5) is 22.8. The fourth-order valence-corrected chi connectivity index (χ4v) is 2.43. The van der Waals surface area contributed by atoms with Crippen LogP contribution in [-0.4, -0.2) is 18.9 Å². The van der Waals surface area contributed by atoms with E-state index >= 15 is 0 Å². The molecule has 18 heavy (non-hydrogen) atoms. The first-order chi connectivity index (χ1) is 8.69. The average molecular weight is 252 g/mol. The minimum Gasteiger partial charge on any atom is -0.469 e. The van der Waals surface area contributed by atoms with Gasteiger partial charge < -0.3 is 4.74 Å². The first-order valence-electron chi connectivity index (χ1n) is 6.99. The Morgan fingerprint density at radius 2 is 2.17 bits per heavy atom. The molecule has 0 aliphatic heterocycles. The van der Waals surface area contributed by atoms with E-state index in [-0.39, 0.29) is 11.9 Å². The number of hydrogen-bond acceptors (Lipinski definition) is 3. The third kappa shape index (κ3) is 4.63. The predicted molar refractivity (Wildman–Crippen MR) is 71.2 cm³/mol. The van der Waals surface area contributed by atoms with Crippen molar-refractivity contribution in [3.8, 4) is 0 Å². The molecule has 0 N–H and O–H groups in total. The molecule has 0 aromatic carbocycles. The summed E-state index contributed by atoms with van der Waals surface area (Å²) in [7, 11) is 1.45. The molecule has 0 radical (unpaired) electrons. The molecule has 0 heterocycles. The number of carbonyl (C=O) groups excluding carboxylic acids is 2. The van der Waals surface area contributed by atoms with Gasteiger partial charge in [-0.1, -0.05) is 25.8 Å². The van der Waals surface area contributed by atoms with Crippen molar-refractivity contribution in [3.05, 3.63) is 11.6 Å². The summed E-state index contributed by atoms with van der Waals surface area (Å²) in [5, 5.41) is 0. The van der Waals surface area contributed by atoms with Crippen LogP contribution in [-0.2, 0) is 14.3 Å². The Morgan fingerprint density at radius 3 is 2.72 bits per heavy atom. The number of esters is 1. The van der Waals surface area contributed by atoms with Crippen LogP contribution in [0, 0.1) is 5.92 Å². The van der Waals surface area contributed by atoms with E-state index in [2.05, 4.69) is 6.08 Å². The van der Waals surface area contributed by atoms with E-state index in [1.54, 1.807) is 0 Å². The molecule has 0 spiro atoms. The lowest BCUT2D eigenvalue weighted by Gasteiger charge is -2.11. The molecule has 102 valence electrons. The fourth-order valence-electron chi connectivity index (χ4n) is 2.43. The number of rotatable bonds is 8. The number of ether oxygens (including phenoxy) is 1. The zero-order chi connectivity index (χ0) is 13.4. The Balaban J connectivity index is 2.11. The van der Waals surface area contributed by atoms with Crippen molar-refractivity contribution in [2.24, 2.45) is 5.92 Å². The highest BCUT2D eigenvalue weighted by Crippen LogP contribution is 2.21. The fraction of sp³-hybridized carbons (Fsp3) is 0.733. The Kier molecular flexibility index (Phi) is 6.69. The number of allylic oxidation sites excluding steroid dienone is 2. The number of Topliss-reactive ketones (excluding diaryl/α,β-unsaturated/α-hetero) is 1. The molecular formula is C15H24O3. The van der Waals surface area contributed by atoms with Crippen LogP contribution in [0.15, 0.2) is 11.6 Å². The maximum atomic E-state index is 11.4. The largest absolute Gasteiger partial charge is 0.469 e. The van der Waals surface area contributed by atoms with Crippen LogP contribution in [0.1, 0.15) is 58.3 Å². The van der Waals surface area contributed by atoms with Crippen molar-refractivity contribution in [2.45, 2.75) is 58.3 Å². The van der Waals surface area contributed by atoms with Crippen LogP contribution >= 0.6 is 0 Å². The van der Waals surface area contributed by atoms with Crippen LogP contribution in [0.5, 0.6) is 0 Å². The smallest absolute Gasteiger partial charge is 0.308 e. The quantitative estimate of drug-likeness (QED) is 0.491.